The van der Waals surface area contributed by atoms with Crippen LogP contribution in [-0.2, 0) is 0 Å². The third-order valence-electron chi connectivity index (χ3n) is 3.19. The van der Waals surface area contributed by atoms with Crippen LogP contribution in [0.5, 0.6) is 0 Å². The Balaban J connectivity index is 0. The fourth-order valence-electron chi connectivity index (χ4n) is 2.05. The first-order valence-corrected chi connectivity index (χ1v) is 7.97. The van der Waals surface area contributed by atoms with Crippen molar-refractivity contribution in [1.82, 2.24) is 0 Å². The van der Waals surface area contributed by atoms with Crippen molar-refractivity contribution in [2.24, 2.45) is 5.92 Å². The molecule has 0 radical (unpaired) electrons. The van der Waals surface area contributed by atoms with E-state index in [0.717, 1.165) is 5.92 Å². The van der Waals surface area contributed by atoms with Gasteiger partial charge in [0.15, 0.2) is 0 Å². The van der Waals surface area contributed by atoms with Crippen LogP contribution in [0.1, 0.15) is 91.9 Å². The third kappa shape index (κ3) is 15.7. The molecule has 0 saturated heterocycles. The molecule has 0 spiro atoms. The number of hydrogen-bond acceptors (Lipinski definition) is 0. The summed E-state index contributed by atoms with van der Waals surface area (Å²) in [5.74, 6) is 0.790. The lowest BCUT2D eigenvalue weighted by molar-refractivity contribution is 0.473. The molecule has 0 bridgehead atoms. The molecule has 0 aromatic heterocycles. The van der Waals surface area contributed by atoms with Crippen molar-refractivity contribution in [1.29, 1.82) is 0 Å². The van der Waals surface area contributed by atoms with Crippen LogP contribution in [0.2, 0.25) is 0 Å². The van der Waals surface area contributed by atoms with Gasteiger partial charge < -0.3 is 0 Å². The summed E-state index contributed by atoms with van der Waals surface area (Å²) in [4.78, 5) is 0. The monoisotopic (exact) mass is 240 g/mol. The fourth-order valence-corrected chi connectivity index (χ4v) is 2.05. The molecule has 0 nitrogen and oxygen atoms in total. The predicted molar refractivity (Wildman–Crippen MR) is 82.6 cm³/mol. The molecule has 0 unspecified atom stereocenters. The van der Waals surface area contributed by atoms with E-state index in [4.69, 9.17) is 0 Å². The number of rotatable bonds is 11. The van der Waals surface area contributed by atoms with Gasteiger partial charge in [-0.15, -0.1) is 6.58 Å². The minimum atomic E-state index is 0.790. The van der Waals surface area contributed by atoms with Gasteiger partial charge in [0.1, 0.15) is 0 Å². The van der Waals surface area contributed by atoms with Crippen LogP contribution >= 0.6 is 0 Å². The fraction of sp³-hybridized carbons (Fsp3) is 0.882. The van der Waals surface area contributed by atoms with Crippen molar-refractivity contribution in [3.63, 3.8) is 0 Å². The van der Waals surface area contributed by atoms with Crippen LogP contribution < -0.4 is 0 Å². The van der Waals surface area contributed by atoms with Crippen molar-refractivity contribution < 1.29 is 0 Å². The van der Waals surface area contributed by atoms with E-state index in [9.17, 15) is 0 Å². The highest BCUT2D eigenvalue weighted by Crippen LogP contribution is 2.18. The van der Waals surface area contributed by atoms with Crippen LogP contribution in [0, 0.1) is 5.92 Å². The van der Waals surface area contributed by atoms with Crippen molar-refractivity contribution in [3.8, 4) is 0 Å². The van der Waals surface area contributed by atoms with Gasteiger partial charge in [-0.3, -0.25) is 0 Å². The van der Waals surface area contributed by atoms with Crippen molar-refractivity contribution in [2.45, 2.75) is 91.9 Å². The van der Waals surface area contributed by atoms with E-state index >= 15 is 0 Å². The van der Waals surface area contributed by atoms with E-state index in [2.05, 4.69) is 26.5 Å². The van der Waals surface area contributed by atoms with Gasteiger partial charge in [-0.25, -0.2) is 0 Å². The summed E-state index contributed by atoms with van der Waals surface area (Å²) in [5.41, 5.74) is 0. The number of allylic oxidation sites excluding steroid dienone is 1. The zero-order chi connectivity index (χ0) is 13.4. The van der Waals surface area contributed by atoms with Gasteiger partial charge in [0.2, 0.25) is 0 Å². The molecule has 0 aliphatic heterocycles. The Morgan fingerprint density at radius 2 is 1.18 bits per heavy atom. The minimum absolute atomic E-state index is 0.790. The van der Waals surface area contributed by atoms with Crippen LogP contribution in [0.15, 0.2) is 12.7 Å². The summed E-state index contributed by atoms with van der Waals surface area (Å²) in [6.45, 7) is 12.5. The van der Waals surface area contributed by atoms with Gasteiger partial charge in [0.25, 0.3) is 0 Å². The molecule has 0 rings (SSSR count). The maximum Gasteiger partial charge on any atom is -0.0236 e. The van der Waals surface area contributed by atoms with E-state index in [1.165, 1.54) is 64.2 Å². The molecular formula is C17H36. The highest BCUT2D eigenvalue weighted by Gasteiger charge is 2.03. The number of hydrogen-bond donors (Lipinski definition) is 0. The topological polar surface area (TPSA) is 0 Å². The molecular weight excluding hydrogens is 204 g/mol. The first-order chi connectivity index (χ1) is 8.35. The van der Waals surface area contributed by atoms with E-state index in [-0.39, 0.29) is 0 Å². The van der Waals surface area contributed by atoms with Crippen LogP contribution in [0.4, 0.5) is 0 Å². The maximum atomic E-state index is 3.96. The van der Waals surface area contributed by atoms with Gasteiger partial charge in [0, 0.05) is 0 Å². The third-order valence-corrected chi connectivity index (χ3v) is 3.19. The van der Waals surface area contributed by atoms with E-state index in [0.29, 0.717) is 0 Å². The quantitative estimate of drug-likeness (QED) is 0.276. The van der Waals surface area contributed by atoms with Crippen LogP contribution in [0.3, 0.4) is 0 Å². The van der Waals surface area contributed by atoms with E-state index in [1.807, 2.05) is 13.8 Å². The SMILES string of the molecule is C=CC(CCCCCC)CCCCCC.CC. The Kier molecular flexibility index (Phi) is 20.3. The second-order valence-electron chi connectivity index (χ2n) is 4.69. The maximum absolute atomic E-state index is 3.96. The zero-order valence-corrected chi connectivity index (χ0v) is 12.9. The molecule has 0 heterocycles. The average molecular weight is 240 g/mol. The lowest BCUT2D eigenvalue weighted by Crippen LogP contribution is -1.96. The molecule has 0 N–H and O–H groups in total. The van der Waals surface area contributed by atoms with Gasteiger partial charge in [-0.05, 0) is 18.8 Å². The Morgan fingerprint density at radius 1 is 0.765 bits per heavy atom. The molecule has 104 valence electrons. The number of unbranched alkanes of at least 4 members (excludes halogenated alkanes) is 6. The summed E-state index contributed by atoms with van der Waals surface area (Å²) in [6, 6.07) is 0. The Hall–Kier alpha value is -0.260. The Labute approximate surface area is 111 Å². The Bertz CT molecular complexity index is 114. The molecule has 0 atom stereocenters. The lowest BCUT2D eigenvalue weighted by atomic mass is 9.95. The standard InChI is InChI=1S/C15H30.C2H6/c1-4-7-9-11-13-15(6-3)14-12-10-8-5-2;1-2/h6,15H,3-5,7-14H2,1-2H3;1-2H3. The zero-order valence-electron chi connectivity index (χ0n) is 12.9. The summed E-state index contributed by atoms with van der Waals surface area (Å²) in [7, 11) is 0. The highest BCUT2D eigenvalue weighted by molar-refractivity contribution is 4.78. The van der Waals surface area contributed by atoms with Gasteiger partial charge in [-0.1, -0.05) is 85.1 Å². The molecule has 0 saturated carbocycles. The highest BCUT2D eigenvalue weighted by atomic mass is 14.1. The summed E-state index contributed by atoms with van der Waals surface area (Å²) < 4.78 is 0. The smallest absolute Gasteiger partial charge is 0.0236 e. The van der Waals surface area contributed by atoms with Crippen LogP contribution in [-0.4, -0.2) is 0 Å². The molecule has 0 fully saturated rings. The van der Waals surface area contributed by atoms with Gasteiger partial charge in [0.05, 0.1) is 0 Å². The minimum Gasteiger partial charge on any atom is -0.103 e. The molecule has 0 amide bonds. The largest absolute Gasteiger partial charge is 0.103 e. The summed E-state index contributed by atoms with van der Waals surface area (Å²) in [6.07, 6.45) is 16.0. The average Bonchev–Trinajstić information content (AvgIpc) is 2.39. The van der Waals surface area contributed by atoms with Gasteiger partial charge >= 0.3 is 0 Å². The van der Waals surface area contributed by atoms with E-state index < -0.39 is 0 Å². The molecule has 0 aromatic rings. The second kappa shape index (κ2) is 18.1. The van der Waals surface area contributed by atoms with E-state index in [1.54, 1.807) is 0 Å². The molecule has 17 heavy (non-hydrogen) atoms. The summed E-state index contributed by atoms with van der Waals surface area (Å²) >= 11 is 0. The predicted octanol–water partition coefficient (Wildman–Crippen LogP) is 6.76. The van der Waals surface area contributed by atoms with Crippen molar-refractivity contribution >= 4 is 0 Å². The molecule has 0 aliphatic rings. The van der Waals surface area contributed by atoms with Crippen LogP contribution in [0.25, 0.3) is 0 Å². The molecule has 0 heteroatoms. The Morgan fingerprint density at radius 3 is 1.47 bits per heavy atom. The lowest BCUT2D eigenvalue weighted by Gasteiger charge is -2.11. The first-order valence-electron chi connectivity index (χ1n) is 7.97. The van der Waals surface area contributed by atoms with Crippen molar-refractivity contribution in [2.75, 3.05) is 0 Å². The second-order valence-corrected chi connectivity index (χ2v) is 4.69. The van der Waals surface area contributed by atoms with Crippen molar-refractivity contribution in [3.05, 3.63) is 12.7 Å². The van der Waals surface area contributed by atoms with Gasteiger partial charge in [-0.2, -0.15) is 0 Å². The normalized spacial score (nSPS) is 9.94. The first kappa shape index (κ1) is 19.1. The molecule has 0 aromatic carbocycles. The summed E-state index contributed by atoms with van der Waals surface area (Å²) in [5, 5.41) is 0. The molecule has 0 aliphatic carbocycles.